The van der Waals surface area contributed by atoms with Crippen LogP contribution in [-0.2, 0) is 15.5 Å². The third-order valence-electron chi connectivity index (χ3n) is 4.16. The Kier molecular flexibility index (Phi) is 3.73. The highest BCUT2D eigenvalue weighted by Crippen LogP contribution is 2.44. The number of H-pyrrole nitrogens is 1. The Balaban J connectivity index is 1.85. The maximum Gasteiger partial charge on any atom is 0.273 e. The number of halogens is 1. The van der Waals surface area contributed by atoms with Gasteiger partial charge in [-0.3, -0.25) is 9.89 Å². The van der Waals surface area contributed by atoms with Crippen molar-refractivity contribution in [3.63, 3.8) is 0 Å². The van der Waals surface area contributed by atoms with Gasteiger partial charge >= 0.3 is 0 Å². The molecule has 0 spiro atoms. The Morgan fingerprint density at radius 3 is 2.38 bits per heavy atom. The SMILES string of the molecule is CCc1[nH]nc(C(=O)NC(C2CC2)C2CC2)c1S(=O)(=O)Cl. The van der Waals surface area contributed by atoms with Crippen LogP contribution in [0.4, 0.5) is 0 Å². The second-order valence-corrected chi connectivity index (χ2v) is 8.35. The third kappa shape index (κ3) is 3.08. The topological polar surface area (TPSA) is 91.9 Å². The van der Waals surface area contributed by atoms with Gasteiger partial charge in [0.2, 0.25) is 0 Å². The van der Waals surface area contributed by atoms with E-state index in [0.717, 1.165) is 25.7 Å². The van der Waals surface area contributed by atoms with Crippen molar-refractivity contribution in [2.24, 2.45) is 11.8 Å². The molecule has 2 aliphatic carbocycles. The Morgan fingerprint density at radius 2 is 1.95 bits per heavy atom. The molecular formula is C13H18ClN3O3S. The van der Waals surface area contributed by atoms with E-state index in [4.69, 9.17) is 10.7 Å². The van der Waals surface area contributed by atoms with Crippen LogP contribution in [0, 0.1) is 11.8 Å². The van der Waals surface area contributed by atoms with Gasteiger partial charge in [0.25, 0.3) is 15.0 Å². The van der Waals surface area contributed by atoms with Crippen LogP contribution >= 0.6 is 10.7 Å². The molecular weight excluding hydrogens is 314 g/mol. The van der Waals surface area contributed by atoms with Gasteiger partial charge in [-0.15, -0.1) is 0 Å². The summed E-state index contributed by atoms with van der Waals surface area (Å²) in [6, 6.07) is 0.144. The fraction of sp³-hybridized carbons (Fsp3) is 0.692. The summed E-state index contributed by atoms with van der Waals surface area (Å²) in [6.07, 6.45) is 4.92. The summed E-state index contributed by atoms with van der Waals surface area (Å²) in [5, 5.41) is 9.43. The molecule has 1 amide bonds. The number of hydrogen-bond acceptors (Lipinski definition) is 4. The van der Waals surface area contributed by atoms with Gasteiger partial charge in [-0.1, -0.05) is 6.92 Å². The molecule has 6 nitrogen and oxygen atoms in total. The molecule has 116 valence electrons. The highest BCUT2D eigenvalue weighted by Gasteiger charge is 2.43. The zero-order valence-corrected chi connectivity index (χ0v) is 13.3. The largest absolute Gasteiger partial charge is 0.347 e. The second-order valence-electron chi connectivity index (χ2n) is 5.85. The third-order valence-corrected chi connectivity index (χ3v) is 5.55. The predicted octanol–water partition coefficient (Wildman–Crippen LogP) is 1.82. The van der Waals surface area contributed by atoms with Crippen LogP contribution in [0.3, 0.4) is 0 Å². The van der Waals surface area contributed by atoms with Gasteiger partial charge < -0.3 is 5.32 Å². The molecule has 1 aromatic rings. The zero-order valence-electron chi connectivity index (χ0n) is 11.7. The van der Waals surface area contributed by atoms with E-state index in [2.05, 4.69) is 15.5 Å². The van der Waals surface area contributed by atoms with Gasteiger partial charge in [0, 0.05) is 16.7 Å². The van der Waals surface area contributed by atoms with Crippen LogP contribution in [0.15, 0.2) is 4.90 Å². The molecule has 3 rings (SSSR count). The predicted molar refractivity (Wildman–Crippen MR) is 77.7 cm³/mol. The van der Waals surface area contributed by atoms with E-state index in [-0.39, 0.29) is 16.6 Å². The molecule has 0 saturated heterocycles. The lowest BCUT2D eigenvalue weighted by molar-refractivity contribution is 0.0918. The summed E-state index contributed by atoms with van der Waals surface area (Å²) in [5.41, 5.74) is 0.248. The van der Waals surface area contributed by atoms with Crippen LogP contribution in [0.5, 0.6) is 0 Å². The molecule has 21 heavy (non-hydrogen) atoms. The number of nitrogens with one attached hydrogen (secondary N) is 2. The summed E-state index contributed by atoms with van der Waals surface area (Å²) >= 11 is 0. The van der Waals surface area contributed by atoms with Gasteiger partial charge in [-0.25, -0.2) is 8.42 Å². The molecule has 1 aromatic heterocycles. The number of hydrogen-bond donors (Lipinski definition) is 2. The number of carbonyl (C=O) groups is 1. The second kappa shape index (κ2) is 5.28. The minimum absolute atomic E-state index is 0.117. The van der Waals surface area contributed by atoms with Crippen molar-refractivity contribution >= 4 is 25.6 Å². The smallest absolute Gasteiger partial charge is 0.273 e. The first-order valence-corrected chi connectivity index (χ1v) is 9.55. The zero-order chi connectivity index (χ0) is 15.2. The molecule has 2 saturated carbocycles. The number of amides is 1. The van der Waals surface area contributed by atoms with Crippen molar-refractivity contribution in [3.05, 3.63) is 11.4 Å². The van der Waals surface area contributed by atoms with Crippen molar-refractivity contribution in [1.82, 2.24) is 15.5 Å². The molecule has 0 unspecified atom stereocenters. The van der Waals surface area contributed by atoms with E-state index in [1.807, 2.05) is 0 Å². The quantitative estimate of drug-likeness (QED) is 0.778. The van der Waals surface area contributed by atoms with Gasteiger partial charge in [-0.05, 0) is 43.9 Å². The van der Waals surface area contributed by atoms with E-state index >= 15 is 0 Å². The highest BCUT2D eigenvalue weighted by molar-refractivity contribution is 8.13. The maximum atomic E-state index is 12.4. The Labute approximate surface area is 128 Å². The molecule has 0 atom stereocenters. The van der Waals surface area contributed by atoms with Crippen molar-refractivity contribution < 1.29 is 13.2 Å². The average Bonchev–Trinajstić information content (AvgIpc) is 3.31. The first-order valence-electron chi connectivity index (χ1n) is 7.24. The van der Waals surface area contributed by atoms with E-state index in [0.29, 0.717) is 24.0 Å². The standard InChI is InChI=1S/C13H18ClN3O3S/c1-2-9-12(21(14,19)20)11(17-16-9)13(18)15-10(7-3-4-7)8-5-6-8/h7-8,10H,2-6H2,1H3,(H,15,18)(H,16,17). The van der Waals surface area contributed by atoms with E-state index in [9.17, 15) is 13.2 Å². The Morgan fingerprint density at radius 1 is 1.38 bits per heavy atom. The minimum atomic E-state index is -4.01. The molecule has 2 N–H and O–H groups in total. The number of nitrogens with zero attached hydrogens (tertiary/aromatic N) is 1. The Bertz CT molecular complexity index is 650. The van der Waals surface area contributed by atoms with Crippen LogP contribution in [0.2, 0.25) is 0 Å². The van der Waals surface area contributed by atoms with E-state index in [1.165, 1.54) is 0 Å². The number of carbonyl (C=O) groups excluding carboxylic acids is 1. The van der Waals surface area contributed by atoms with Gasteiger partial charge in [0.1, 0.15) is 4.90 Å². The summed E-state index contributed by atoms with van der Waals surface area (Å²) in [7, 11) is 1.45. The summed E-state index contributed by atoms with van der Waals surface area (Å²) < 4.78 is 23.4. The maximum absolute atomic E-state index is 12.4. The molecule has 2 aliphatic rings. The summed E-state index contributed by atoms with van der Waals surface area (Å²) in [4.78, 5) is 12.2. The lowest BCUT2D eigenvalue weighted by Gasteiger charge is -2.17. The lowest BCUT2D eigenvalue weighted by Crippen LogP contribution is -2.38. The molecule has 2 fully saturated rings. The van der Waals surface area contributed by atoms with Crippen LogP contribution in [-0.4, -0.2) is 30.6 Å². The fourth-order valence-electron chi connectivity index (χ4n) is 2.78. The summed E-state index contributed by atoms with van der Waals surface area (Å²) in [5.74, 6) is 0.609. The molecule has 0 radical (unpaired) electrons. The number of aryl methyl sites for hydroxylation is 1. The van der Waals surface area contributed by atoms with Gasteiger partial charge in [0.15, 0.2) is 5.69 Å². The highest BCUT2D eigenvalue weighted by atomic mass is 35.7. The number of aromatic amines is 1. The summed E-state index contributed by atoms with van der Waals surface area (Å²) in [6.45, 7) is 1.78. The number of aromatic nitrogens is 2. The molecule has 0 aromatic carbocycles. The first-order chi connectivity index (χ1) is 9.91. The monoisotopic (exact) mass is 331 g/mol. The molecule has 0 bridgehead atoms. The normalized spacial score (nSPS) is 19.0. The van der Waals surface area contributed by atoms with Gasteiger partial charge in [-0.2, -0.15) is 5.10 Å². The molecule has 1 heterocycles. The minimum Gasteiger partial charge on any atom is -0.347 e. The lowest BCUT2D eigenvalue weighted by atomic mass is 10.1. The first kappa shape index (κ1) is 14.8. The fourth-order valence-corrected chi connectivity index (χ4v) is 4.13. The molecule has 8 heteroatoms. The molecule has 0 aliphatic heterocycles. The van der Waals surface area contributed by atoms with Crippen molar-refractivity contribution in [1.29, 1.82) is 0 Å². The van der Waals surface area contributed by atoms with E-state index < -0.39 is 15.0 Å². The Hall–Kier alpha value is -1.08. The van der Waals surface area contributed by atoms with Crippen LogP contribution < -0.4 is 5.32 Å². The van der Waals surface area contributed by atoms with Crippen LogP contribution in [0.1, 0.15) is 48.8 Å². The van der Waals surface area contributed by atoms with Crippen molar-refractivity contribution in [2.75, 3.05) is 0 Å². The van der Waals surface area contributed by atoms with E-state index in [1.54, 1.807) is 6.92 Å². The van der Waals surface area contributed by atoms with Crippen LogP contribution in [0.25, 0.3) is 0 Å². The van der Waals surface area contributed by atoms with Crippen molar-refractivity contribution in [2.45, 2.75) is 50.0 Å². The van der Waals surface area contributed by atoms with Crippen molar-refractivity contribution in [3.8, 4) is 0 Å². The van der Waals surface area contributed by atoms with Gasteiger partial charge in [0.05, 0.1) is 5.69 Å². The average molecular weight is 332 g/mol. The number of rotatable bonds is 6.